The first-order valence-electron chi connectivity index (χ1n) is 21.8. The van der Waals surface area contributed by atoms with Crippen molar-refractivity contribution in [2.75, 3.05) is 0 Å². The molecule has 63 heavy (non-hydrogen) atoms. The van der Waals surface area contributed by atoms with Gasteiger partial charge in [0.1, 0.15) is 0 Å². The molecule has 0 atom stereocenters. The molecule has 0 aliphatic heterocycles. The Hall–Kier alpha value is -7.84. The molecule has 1 heterocycles. The van der Waals surface area contributed by atoms with E-state index in [9.17, 15) is 0 Å². The molecule has 13 rings (SSSR count). The number of hydrogen-bond donors (Lipinski definition) is 0. The molecule has 0 saturated heterocycles. The van der Waals surface area contributed by atoms with Gasteiger partial charge in [0.05, 0.1) is 0 Å². The van der Waals surface area contributed by atoms with Crippen LogP contribution in [-0.4, -0.2) is 0 Å². The molecule has 0 unspecified atom stereocenters. The Labute approximate surface area is 369 Å². The van der Waals surface area contributed by atoms with Crippen LogP contribution in [0.15, 0.2) is 231 Å². The Morgan fingerprint density at radius 1 is 0.190 bits per heavy atom. The lowest BCUT2D eigenvalue weighted by molar-refractivity contribution is 1.64. The van der Waals surface area contributed by atoms with Gasteiger partial charge >= 0.3 is 0 Å². The average molecular weight is 815 g/mol. The predicted octanol–water partition coefficient (Wildman–Crippen LogP) is 18.2. The summed E-state index contributed by atoms with van der Waals surface area (Å²) in [4.78, 5) is 0. The first-order valence-corrected chi connectivity index (χ1v) is 22.6. The molecular formula is C62H38S. The summed E-state index contributed by atoms with van der Waals surface area (Å²) in [5.41, 5.74) is 12.6. The summed E-state index contributed by atoms with van der Waals surface area (Å²) in [5.74, 6) is 0. The third kappa shape index (κ3) is 5.60. The maximum Gasteiger partial charge on any atom is 0.0361 e. The van der Waals surface area contributed by atoms with Crippen molar-refractivity contribution in [3.63, 3.8) is 0 Å². The van der Waals surface area contributed by atoms with E-state index < -0.39 is 0 Å². The van der Waals surface area contributed by atoms with Crippen molar-refractivity contribution in [1.29, 1.82) is 0 Å². The fourth-order valence-electron chi connectivity index (χ4n) is 10.6. The van der Waals surface area contributed by atoms with Crippen LogP contribution >= 0.6 is 11.3 Å². The van der Waals surface area contributed by atoms with Crippen molar-refractivity contribution < 1.29 is 0 Å². The quantitative estimate of drug-likeness (QED) is 0.152. The van der Waals surface area contributed by atoms with Crippen molar-refractivity contribution in [1.82, 2.24) is 0 Å². The SMILES string of the molecule is c1ccc(-c2ccc(-c3c4ccccc4c(-c4ccc5c(c4)sc4ccc(-c6c7ccccc7c(-c7ccccc7)c7ccccc67)cc45)c4ccccc34)c3ccccc23)cc1. The van der Waals surface area contributed by atoms with E-state index in [0.29, 0.717) is 0 Å². The Morgan fingerprint density at radius 3 is 1.10 bits per heavy atom. The number of thiophene rings is 1. The minimum absolute atomic E-state index is 1.23. The highest BCUT2D eigenvalue weighted by molar-refractivity contribution is 7.25. The minimum Gasteiger partial charge on any atom is -0.135 e. The van der Waals surface area contributed by atoms with Crippen LogP contribution in [0, 0.1) is 0 Å². The standard InChI is InChI=1S/C62H38S/c1-3-17-39(18-4-1)43-34-35-55(45-22-8-7-21-44(43)45)62-53-29-15-13-27-51(53)61(52-28-14-16-30-54(52)62)42-31-33-46-56-37-41(32-36-57(56)63-58(46)38-42)60-49-25-11-9-23-47(49)59(40-19-5-2-6-20-40)48-24-10-12-26-50(48)60/h1-38H. The van der Waals surface area contributed by atoms with Gasteiger partial charge in [-0.05, 0) is 128 Å². The lowest BCUT2D eigenvalue weighted by Crippen LogP contribution is -1.92. The summed E-state index contributed by atoms with van der Waals surface area (Å²) in [5, 5.41) is 15.3. The highest BCUT2D eigenvalue weighted by Gasteiger charge is 2.21. The van der Waals surface area contributed by atoms with Crippen LogP contribution in [-0.2, 0) is 0 Å². The molecule has 0 saturated carbocycles. The van der Waals surface area contributed by atoms with E-state index in [1.54, 1.807) is 0 Å². The molecule has 0 fully saturated rings. The van der Waals surface area contributed by atoms with Gasteiger partial charge in [-0.2, -0.15) is 0 Å². The molecule has 13 aromatic rings. The zero-order valence-electron chi connectivity index (χ0n) is 34.3. The van der Waals surface area contributed by atoms with Gasteiger partial charge in [0.15, 0.2) is 0 Å². The van der Waals surface area contributed by atoms with Gasteiger partial charge in [0.25, 0.3) is 0 Å². The summed E-state index contributed by atoms with van der Waals surface area (Å²) in [6.07, 6.45) is 0. The van der Waals surface area contributed by atoms with Crippen molar-refractivity contribution >= 4 is 85.4 Å². The van der Waals surface area contributed by atoms with Gasteiger partial charge < -0.3 is 0 Å². The predicted molar refractivity (Wildman–Crippen MR) is 274 cm³/mol. The van der Waals surface area contributed by atoms with E-state index in [0.717, 1.165) is 0 Å². The Bertz CT molecular complexity index is 3840. The Kier molecular flexibility index (Phi) is 8.19. The third-order valence-corrected chi connectivity index (χ3v) is 14.4. The number of benzene rings is 12. The van der Waals surface area contributed by atoms with Gasteiger partial charge in [0, 0.05) is 20.2 Å². The van der Waals surface area contributed by atoms with Gasteiger partial charge in [0.2, 0.25) is 0 Å². The zero-order chi connectivity index (χ0) is 41.4. The molecule has 0 radical (unpaired) electrons. The van der Waals surface area contributed by atoms with E-state index in [4.69, 9.17) is 0 Å². The fourth-order valence-corrected chi connectivity index (χ4v) is 11.7. The molecular weight excluding hydrogens is 777 g/mol. The van der Waals surface area contributed by atoms with Gasteiger partial charge in [-0.1, -0.05) is 212 Å². The smallest absolute Gasteiger partial charge is 0.0361 e. The average Bonchev–Trinajstić information content (AvgIpc) is 3.72. The van der Waals surface area contributed by atoms with E-state index in [1.165, 1.54) is 130 Å². The second-order valence-electron chi connectivity index (χ2n) is 16.6. The summed E-state index contributed by atoms with van der Waals surface area (Å²) in [7, 11) is 0. The second-order valence-corrected chi connectivity index (χ2v) is 17.7. The lowest BCUT2D eigenvalue weighted by atomic mass is 9.83. The minimum atomic E-state index is 1.23. The van der Waals surface area contributed by atoms with Crippen LogP contribution in [0.1, 0.15) is 0 Å². The van der Waals surface area contributed by atoms with Crippen molar-refractivity contribution in [3.8, 4) is 55.6 Å². The third-order valence-electron chi connectivity index (χ3n) is 13.3. The van der Waals surface area contributed by atoms with Crippen LogP contribution in [0.4, 0.5) is 0 Å². The van der Waals surface area contributed by atoms with Crippen LogP contribution in [0.2, 0.25) is 0 Å². The maximum atomic E-state index is 2.44. The maximum absolute atomic E-state index is 2.44. The van der Waals surface area contributed by atoms with E-state index >= 15 is 0 Å². The highest BCUT2D eigenvalue weighted by atomic mass is 32.1. The summed E-state index contributed by atoms with van der Waals surface area (Å²) in [6, 6.07) is 85.4. The molecule has 0 nitrogen and oxygen atoms in total. The first-order chi connectivity index (χ1) is 31.3. The zero-order valence-corrected chi connectivity index (χ0v) is 35.2. The van der Waals surface area contributed by atoms with E-state index in [2.05, 4.69) is 231 Å². The molecule has 12 aromatic carbocycles. The summed E-state index contributed by atoms with van der Waals surface area (Å²) >= 11 is 1.89. The van der Waals surface area contributed by atoms with Crippen molar-refractivity contribution in [2.45, 2.75) is 0 Å². The normalized spacial score (nSPS) is 11.8. The number of hydrogen-bond acceptors (Lipinski definition) is 1. The van der Waals surface area contributed by atoms with Crippen LogP contribution in [0.5, 0.6) is 0 Å². The van der Waals surface area contributed by atoms with Gasteiger partial charge in [-0.15, -0.1) is 11.3 Å². The summed E-state index contributed by atoms with van der Waals surface area (Å²) < 4.78 is 2.60. The van der Waals surface area contributed by atoms with E-state index in [-0.39, 0.29) is 0 Å². The second kappa shape index (κ2) is 14.4. The molecule has 1 heteroatoms. The molecule has 1 aromatic heterocycles. The lowest BCUT2D eigenvalue weighted by Gasteiger charge is -2.19. The van der Waals surface area contributed by atoms with E-state index in [1.807, 2.05) is 11.3 Å². The Balaban J connectivity index is 0.997. The topological polar surface area (TPSA) is 0 Å². The fraction of sp³-hybridized carbons (Fsp3) is 0. The van der Waals surface area contributed by atoms with Crippen LogP contribution < -0.4 is 0 Å². The Morgan fingerprint density at radius 2 is 0.571 bits per heavy atom. The van der Waals surface area contributed by atoms with Crippen LogP contribution in [0.25, 0.3) is 130 Å². The van der Waals surface area contributed by atoms with Gasteiger partial charge in [-0.3, -0.25) is 0 Å². The summed E-state index contributed by atoms with van der Waals surface area (Å²) in [6.45, 7) is 0. The molecule has 292 valence electrons. The number of rotatable bonds is 5. The molecule has 0 aliphatic carbocycles. The van der Waals surface area contributed by atoms with Crippen LogP contribution in [0.3, 0.4) is 0 Å². The highest BCUT2D eigenvalue weighted by Crippen LogP contribution is 2.49. The van der Waals surface area contributed by atoms with Crippen molar-refractivity contribution in [3.05, 3.63) is 231 Å². The molecule has 0 spiro atoms. The number of fused-ring (bicyclic) bond motifs is 8. The molecule has 0 N–H and O–H groups in total. The van der Waals surface area contributed by atoms with Gasteiger partial charge in [-0.25, -0.2) is 0 Å². The van der Waals surface area contributed by atoms with Crippen molar-refractivity contribution in [2.24, 2.45) is 0 Å². The largest absolute Gasteiger partial charge is 0.135 e. The monoisotopic (exact) mass is 814 g/mol. The molecule has 0 aliphatic rings. The first kappa shape index (κ1) is 35.9. The molecule has 0 amide bonds. The molecule has 0 bridgehead atoms.